The van der Waals surface area contributed by atoms with Gasteiger partial charge in [0.25, 0.3) is 15.0 Å². The molecule has 0 atom stereocenters. The van der Waals surface area contributed by atoms with Gasteiger partial charge in [0.15, 0.2) is 0 Å². The molecule has 7 heteroatoms. The second-order valence-electron chi connectivity index (χ2n) is 4.48. The molecule has 0 aromatic heterocycles. The zero-order valence-corrected chi connectivity index (χ0v) is 12.9. The Hall–Kier alpha value is -1.14. The van der Waals surface area contributed by atoms with Crippen molar-refractivity contribution in [2.24, 2.45) is 0 Å². The SMILES string of the molecule is CCCCCNC(=O)c1cc(F)c(C)c(S(=O)(=O)Cl)c1. The van der Waals surface area contributed by atoms with Gasteiger partial charge >= 0.3 is 0 Å². The molecule has 0 bridgehead atoms. The van der Waals surface area contributed by atoms with Crippen molar-refractivity contribution in [3.8, 4) is 0 Å². The lowest BCUT2D eigenvalue weighted by Crippen LogP contribution is -2.25. The van der Waals surface area contributed by atoms with Crippen LogP contribution in [-0.2, 0) is 9.05 Å². The Morgan fingerprint density at radius 2 is 2.00 bits per heavy atom. The number of rotatable bonds is 6. The molecular weight excluding hydrogens is 305 g/mol. The highest BCUT2D eigenvalue weighted by Crippen LogP contribution is 2.23. The minimum absolute atomic E-state index is 0.0520. The van der Waals surface area contributed by atoms with Crippen LogP contribution in [0.4, 0.5) is 4.39 Å². The molecule has 0 aliphatic rings. The summed E-state index contributed by atoms with van der Waals surface area (Å²) in [5, 5.41) is 2.62. The summed E-state index contributed by atoms with van der Waals surface area (Å²) in [6.45, 7) is 3.80. The van der Waals surface area contributed by atoms with Crippen LogP contribution in [0.25, 0.3) is 0 Å². The number of nitrogens with one attached hydrogen (secondary N) is 1. The Bertz CT molecular complexity index is 602. The quantitative estimate of drug-likeness (QED) is 0.647. The van der Waals surface area contributed by atoms with Crippen molar-refractivity contribution in [3.05, 3.63) is 29.1 Å². The summed E-state index contributed by atoms with van der Waals surface area (Å²) in [6, 6.07) is 2.10. The van der Waals surface area contributed by atoms with Gasteiger partial charge in [0.1, 0.15) is 5.82 Å². The van der Waals surface area contributed by atoms with Crippen LogP contribution < -0.4 is 5.32 Å². The van der Waals surface area contributed by atoms with E-state index in [1.165, 1.54) is 6.92 Å². The van der Waals surface area contributed by atoms with Crippen molar-refractivity contribution in [2.75, 3.05) is 6.54 Å². The molecule has 0 unspecified atom stereocenters. The number of amides is 1. The van der Waals surface area contributed by atoms with Crippen LogP contribution in [0.2, 0.25) is 0 Å². The van der Waals surface area contributed by atoms with E-state index in [-0.39, 0.29) is 16.0 Å². The number of unbranched alkanes of at least 4 members (excludes halogenated alkanes) is 2. The highest BCUT2D eigenvalue weighted by atomic mass is 35.7. The molecule has 0 radical (unpaired) electrons. The molecule has 0 spiro atoms. The summed E-state index contributed by atoms with van der Waals surface area (Å²) in [5.74, 6) is -1.29. The molecule has 0 aliphatic heterocycles. The summed E-state index contributed by atoms with van der Waals surface area (Å²) in [4.78, 5) is 11.5. The summed E-state index contributed by atoms with van der Waals surface area (Å²) >= 11 is 0. The minimum Gasteiger partial charge on any atom is -0.352 e. The van der Waals surface area contributed by atoms with E-state index in [1.54, 1.807) is 0 Å². The Morgan fingerprint density at radius 1 is 1.35 bits per heavy atom. The molecule has 4 nitrogen and oxygen atoms in total. The molecule has 112 valence electrons. The molecule has 1 aromatic rings. The third-order valence-corrected chi connectivity index (χ3v) is 4.34. The molecule has 0 saturated heterocycles. The number of carbonyl (C=O) groups excluding carboxylic acids is 1. The van der Waals surface area contributed by atoms with Crippen LogP contribution in [0.15, 0.2) is 17.0 Å². The maximum Gasteiger partial charge on any atom is 0.261 e. The number of halogens is 2. The van der Waals surface area contributed by atoms with E-state index in [1.807, 2.05) is 6.92 Å². The van der Waals surface area contributed by atoms with Crippen LogP contribution in [-0.4, -0.2) is 20.9 Å². The number of benzene rings is 1. The van der Waals surface area contributed by atoms with E-state index in [9.17, 15) is 17.6 Å². The van der Waals surface area contributed by atoms with Gasteiger partial charge in [0.2, 0.25) is 0 Å². The molecule has 0 fully saturated rings. The summed E-state index contributed by atoms with van der Waals surface area (Å²) in [6.07, 6.45) is 2.81. The molecule has 20 heavy (non-hydrogen) atoms. The van der Waals surface area contributed by atoms with Gasteiger partial charge in [-0.15, -0.1) is 0 Å². The van der Waals surface area contributed by atoms with Gasteiger partial charge in [0.05, 0.1) is 4.90 Å². The van der Waals surface area contributed by atoms with Crippen LogP contribution in [0, 0.1) is 12.7 Å². The Balaban J connectivity index is 2.97. The molecule has 1 rings (SSSR count). The molecular formula is C13H17ClFNO3S. The summed E-state index contributed by atoms with van der Waals surface area (Å²) in [7, 11) is 1.14. The van der Waals surface area contributed by atoms with Crippen LogP contribution in [0.1, 0.15) is 42.1 Å². The smallest absolute Gasteiger partial charge is 0.261 e. The fourth-order valence-corrected chi connectivity index (χ4v) is 2.93. The lowest BCUT2D eigenvalue weighted by Gasteiger charge is -2.08. The number of hydrogen-bond acceptors (Lipinski definition) is 3. The zero-order chi connectivity index (χ0) is 15.3. The van der Waals surface area contributed by atoms with Gasteiger partial charge in [0, 0.05) is 28.4 Å². The van der Waals surface area contributed by atoms with Crippen molar-refractivity contribution in [1.29, 1.82) is 0 Å². The van der Waals surface area contributed by atoms with Crippen LogP contribution in [0.3, 0.4) is 0 Å². The normalized spacial score (nSPS) is 11.4. The largest absolute Gasteiger partial charge is 0.352 e. The highest BCUT2D eigenvalue weighted by molar-refractivity contribution is 8.13. The van der Waals surface area contributed by atoms with E-state index in [2.05, 4.69) is 5.32 Å². The molecule has 1 N–H and O–H groups in total. The van der Waals surface area contributed by atoms with E-state index < -0.39 is 20.8 Å². The van der Waals surface area contributed by atoms with Crippen LogP contribution >= 0.6 is 10.7 Å². The lowest BCUT2D eigenvalue weighted by molar-refractivity contribution is 0.0952. The number of carbonyl (C=O) groups is 1. The fraction of sp³-hybridized carbons (Fsp3) is 0.462. The topological polar surface area (TPSA) is 63.2 Å². The third-order valence-electron chi connectivity index (χ3n) is 2.89. The van der Waals surface area contributed by atoms with E-state index in [0.29, 0.717) is 6.54 Å². The number of hydrogen-bond donors (Lipinski definition) is 1. The second kappa shape index (κ2) is 7.04. The second-order valence-corrected chi connectivity index (χ2v) is 7.02. The zero-order valence-electron chi connectivity index (χ0n) is 11.4. The third kappa shape index (κ3) is 4.45. The minimum atomic E-state index is -4.09. The van der Waals surface area contributed by atoms with E-state index in [4.69, 9.17) is 10.7 Å². The first kappa shape index (κ1) is 16.9. The summed E-state index contributed by atoms with van der Waals surface area (Å²) < 4.78 is 36.4. The molecule has 0 heterocycles. The van der Waals surface area contributed by atoms with Crippen molar-refractivity contribution in [1.82, 2.24) is 5.32 Å². The Labute approximate surface area is 122 Å². The maximum absolute atomic E-state index is 13.7. The summed E-state index contributed by atoms with van der Waals surface area (Å²) in [5.41, 5.74) is -0.147. The lowest BCUT2D eigenvalue weighted by atomic mass is 10.1. The van der Waals surface area contributed by atoms with Gasteiger partial charge in [-0.2, -0.15) is 0 Å². The first-order chi connectivity index (χ1) is 9.27. The maximum atomic E-state index is 13.7. The molecule has 0 saturated carbocycles. The highest BCUT2D eigenvalue weighted by Gasteiger charge is 2.20. The van der Waals surface area contributed by atoms with Crippen molar-refractivity contribution in [2.45, 2.75) is 38.0 Å². The van der Waals surface area contributed by atoms with Gasteiger partial charge in [-0.3, -0.25) is 4.79 Å². The van der Waals surface area contributed by atoms with Crippen molar-refractivity contribution in [3.63, 3.8) is 0 Å². The van der Waals surface area contributed by atoms with Gasteiger partial charge in [-0.1, -0.05) is 19.8 Å². The first-order valence-corrected chi connectivity index (χ1v) is 8.61. The monoisotopic (exact) mass is 321 g/mol. The standard InChI is InChI=1S/C13H17ClFNO3S/c1-3-4-5-6-16-13(17)10-7-11(15)9(2)12(8-10)20(14,18)19/h7-8H,3-6H2,1-2H3,(H,16,17). The van der Waals surface area contributed by atoms with E-state index >= 15 is 0 Å². The Morgan fingerprint density at radius 3 is 2.55 bits per heavy atom. The van der Waals surface area contributed by atoms with Crippen molar-refractivity contribution < 1.29 is 17.6 Å². The fourth-order valence-electron chi connectivity index (χ4n) is 1.72. The van der Waals surface area contributed by atoms with Crippen molar-refractivity contribution >= 4 is 25.6 Å². The van der Waals surface area contributed by atoms with Gasteiger partial charge in [-0.05, 0) is 25.5 Å². The predicted molar refractivity (Wildman–Crippen MR) is 76.0 cm³/mol. The molecule has 1 amide bonds. The average molecular weight is 322 g/mol. The predicted octanol–water partition coefficient (Wildman–Crippen LogP) is 2.98. The van der Waals surface area contributed by atoms with Gasteiger partial charge in [-0.25, -0.2) is 12.8 Å². The van der Waals surface area contributed by atoms with Gasteiger partial charge < -0.3 is 5.32 Å². The first-order valence-electron chi connectivity index (χ1n) is 6.30. The molecule has 0 aliphatic carbocycles. The average Bonchev–Trinajstić information content (AvgIpc) is 2.36. The van der Waals surface area contributed by atoms with Crippen LogP contribution in [0.5, 0.6) is 0 Å². The molecule has 1 aromatic carbocycles. The van der Waals surface area contributed by atoms with E-state index in [0.717, 1.165) is 31.4 Å². The Kier molecular flexibility index (Phi) is 5.95.